The van der Waals surface area contributed by atoms with Gasteiger partial charge in [0.25, 0.3) is 5.91 Å². The molecule has 3 rings (SSSR count). The van der Waals surface area contributed by atoms with E-state index in [0.717, 1.165) is 11.3 Å². The molecule has 0 radical (unpaired) electrons. The molecule has 1 fully saturated rings. The van der Waals surface area contributed by atoms with Crippen LogP contribution in [0.4, 0.5) is 5.69 Å². The molecule has 1 saturated heterocycles. The molecule has 0 aromatic heterocycles. The van der Waals surface area contributed by atoms with Crippen molar-refractivity contribution in [1.82, 2.24) is 4.90 Å². The average Bonchev–Trinajstić information content (AvgIpc) is 2.79. The Labute approximate surface area is 154 Å². The number of rotatable bonds is 2. The SMILES string of the molecule is CN1C(=S)N(c2ccccc2)C(=O)C1=Cc1ccc(C(C)(C)C)cc1. The number of likely N-dealkylation sites (N-methyl/N-ethyl adjacent to an activating group) is 1. The van der Waals surface area contributed by atoms with Gasteiger partial charge >= 0.3 is 0 Å². The first-order valence-electron chi connectivity index (χ1n) is 8.28. The fourth-order valence-corrected chi connectivity index (χ4v) is 3.09. The quantitative estimate of drug-likeness (QED) is 0.585. The summed E-state index contributed by atoms with van der Waals surface area (Å²) in [6.07, 6.45) is 1.89. The molecule has 0 saturated carbocycles. The van der Waals surface area contributed by atoms with Gasteiger partial charge < -0.3 is 4.90 Å². The minimum Gasteiger partial charge on any atom is -0.317 e. The molecule has 2 aromatic carbocycles. The lowest BCUT2D eigenvalue weighted by molar-refractivity contribution is -0.114. The third kappa shape index (κ3) is 3.35. The Morgan fingerprint density at radius 2 is 1.56 bits per heavy atom. The van der Waals surface area contributed by atoms with Crippen molar-refractivity contribution in [2.24, 2.45) is 0 Å². The standard InChI is InChI=1S/C21H22N2OS/c1-21(2,3)16-12-10-15(11-13-16)14-18-19(24)23(20(25)22(18)4)17-8-6-5-7-9-17/h5-14H,1-4H3. The van der Waals surface area contributed by atoms with Gasteiger partial charge in [-0.25, -0.2) is 0 Å². The first kappa shape index (κ1) is 17.4. The number of hydrogen-bond acceptors (Lipinski definition) is 2. The van der Waals surface area contributed by atoms with E-state index >= 15 is 0 Å². The van der Waals surface area contributed by atoms with Crippen LogP contribution >= 0.6 is 12.2 Å². The molecule has 1 amide bonds. The molecule has 1 heterocycles. The summed E-state index contributed by atoms with van der Waals surface area (Å²) in [6.45, 7) is 6.56. The van der Waals surface area contributed by atoms with Gasteiger partial charge in [-0.1, -0.05) is 63.2 Å². The molecule has 0 bridgehead atoms. The van der Waals surface area contributed by atoms with Crippen molar-refractivity contribution in [2.75, 3.05) is 11.9 Å². The van der Waals surface area contributed by atoms with E-state index in [-0.39, 0.29) is 11.3 Å². The zero-order valence-corrected chi connectivity index (χ0v) is 15.8. The van der Waals surface area contributed by atoms with Gasteiger partial charge in [0.1, 0.15) is 5.70 Å². The van der Waals surface area contributed by atoms with Crippen LogP contribution in [0, 0.1) is 0 Å². The minimum absolute atomic E-state index is 0.0985. The van der Waals surface area contributed by atoms with Crippen LogP contribution in [0.15, 0.2) is 60.3 Å². The summed E-state index contributed by atoms with van der Waals surface area (Å²) in [5.74, 6) is -0.0985. The van der Waals surface area contributed by atoms with E-state index in [1.165, 1.54) is 5.56 Å². The summed E-state index contributed by atoms with van der Waals surface area (Å²) in [5.41, 5.74) is 3.73. The van der Waals surface area contributed by atoms with Gasteiger partial charge in [-0.05, 0) is 47.0 Å². The Bertz CT molecular complexity index is 832. The monoisotopic (exact) mass is 350 g/mol. The van der Waals surface area contributed by atoms with Crippen molar-refractivity contribution < 1.29 is 4.79 Å². The Kier molecular flexibility index (Phi) is 4.48. The van der Waals surface area contributed by atoms with E-state index < -0.39 is 0 Å². The number of anilines is 1. The van der Waals surface area contributed by atoms with Crippen molar-refractivity contribution in [3.05, 3.63) is 71.4 Å². The van der Waals surface area contributed by atoms with E-state index in [9.17, 15) is 4.79 Å². The van der Waals surface area contributed by atoms with E-state index in [2.05, 4.69) is 32.9 Å². The van der Waals surface area contributed by atoms with Crippen LogP contribution in [0.1, 0.15) is 31.9 Å². The van der Waals surface area contributed by atoms with Gasteiger partial charge in [0, 0.05) is 7.05 Å². The molecule has 4 heteroatoms. The predicted octanol–water partition coefficient (Wildman–Crippen LogP) is 4.59. The fraction of sp³-hybridized carbons (Fsp3) is 0.238. The van der Waals surface area contributed by atoms with Crippen LogP contribution in [0.25, 0.3) is 6.08 Å². The van der Waals surface area contributed by atoms with E-state index in [4.69, 9.17) is 12.2 Å². The topological polar surface area (TPSA) is 23.6 Å². The highest BCUT2D eigenvalue weighted by Crippen LogP contribution is 2.28. The van der Waals surface area contributed by atoms with Crippen LogP contribution in [-0.2, 0) is 10.2 Å². The molecule has 2 aromatic rings. The highest BCUT2D eigenvalue weighted by molar-refractivity contribution is 7.80. The van der Waals surface area contributed by atoms with Gasteiger partial charge in [0.15, 0.2) is 5.11 Å². The summed E-state index contributed by atoms with van der Waals surface area (Å²) in [5, 5.41) is 0.494. The third-order valence-electron chi connectivity index (χ3n) is 4.36. The molecule has 128 valence electrons. The molecular formula is C21H22N2OS. The molecule has 1 aliphatic heterocycles. The Morgan fingerprint density at radius 3 is 2.12 bits per heavy atom. The maximum atomic E-state index is 12.9. The Balaban J connectivity index is 1.93. The minimum atomic E-state index is -0.0985. The molecule has 0 atom stereocenters. The van der Waals surface area contributed by atoms with Crippen LogP contribution in [-0.4, -0.2) is 23.0 Å². The molecule has 3 nitrogen and oxygen atoms in total. The lowest BCUT2D eigenvalue weighted by Crippen LogP contribution is -2.30. The molecule has 0 unspecified atom stereocenters. The van der Waals surface area contributed by atoms with Crippen molar-refractivity contribution in [3.63, 3.8) is 0 Å². The molecular weight excluding hydrogens is 328 g/mol. The van der Waals surface area contributed by atoms with E-state index in [1.807, 2.05) is 55.6 Å². The normalized spacial score (nSPS) is 16.9. The number of hydrogen-bond donors (Lipinski definition) is 0. The van der Waals surface area contributed by atoms with Crippen molar-refractivity contribution in [3.8, 4) is 0 Å². The number of amides is 1. The van der Waals surface area contributed by atoms with Crippen LogP contribution in [0.2, 0.25) is 0 Å². The smallest absolute Gasteiger partial charge is 0.281 e. The number of thiocarbonyl (C=S) groups is 1. The summed E-state index contributed by atoms with van der Waals surface area (Å²) >= 11 is 5.48. The third-order valence-corrected chi connectivity index (χ3v) is 4.81. The van der Waals surface area contributed by atoms with Gasteiger partial charge in [-0.2, -0.15) is 0 Å². The summed E-state index contributed by atoms with van der Waals surface area (Å²) in [4.78, 5) is 16.2. The second-order valence-corrected chi connectivity index (χ2v) is 7.58. The fourth-order valence-electron chi connectivity index (χ4n) is 2.80. The van der Waals surface area contributed by atoms with Crippen molar-refractivity contribution in [2.45, 2.75) is 26.2 Å². The van der Waals surface area contributed by atoms with Crippen LogP contribution in [0.5, 0.6) is 0 Å². The maximum absolute atomic E-state index is 12.9. The van der Waals surface area contributed by atoms with Gasteiger partial charge in [0.05, 0.1) is 5.69 Å². The second kappa shape index (κ2) is 6.45. The summed E-state index contributed by atoms with van der Waals surface area (Å²) < 4.78 is 0. The zero-order chi connectivity index (χ0) is 18.2. The zero-order valence-electron chi connectivity index (χ0n) is 15.0. The number of nitrogens with zero attached hydrogens (tertiary/aromatic N) is 2. The number of carbonyl (C=O) groups is 1. The number of benzene rings is 2. The first-order chi connectivity index (χ1) is 11.8. The van der Waals surface area contributed by atoms with Gasteiger partial charge in [0.2, 0.25) is 0 Å². The largest absolute Gasteiger partial charge is 0.317 e. The van der Waals surface area contributed by atoms with E-state index in [0.29, 0.717) is 10.8 Å². The Hall–Kier alpha value is -2.46. The second-order valence-electron chi connectivity index (χ2n) is 7.22. The number of carbonyl (C=O) groups excluding carboxylic acids is 1. The summed E-state index contributed by atoms with van der Waals surface area (Å²) in [6, 6.07) is 17.8. The maximum Gasteiger partial charge on any atom is 0.281 e. The van der Waals surface area contributed by atoms with Crippen molar-refractivity contribution >= 4 is 35.0 Å². The highest BCUT2D eigenvalue weighted by Gasteiger charge is 2.36. The molecule has 25 heavy (non-hydrogen) atoms. The van der Waals surface area contributed by atoms with E-state index in [1.54, 1.807) is 9.80 Å². The predicted molar refractivity (Wildman–Crippen MR) is 107 cm³/mol. The summed E-state index contributed by atoms with van der Waals surface area (Å²) in [7, 11) is 1.83. The Morgan fingerprint density at radius 1 is 0.960 bits per heavy atom. The molecule has 0 aliphatic carbocycles. The first-order valence-corrected chi connectivity index (χ1v) is 8.69. The molecule has 1 aliphatic rings. The average molecular weight is 350 g/mol. The van der Waals surface area contributed by atoms with Crippen LogP contribution < -0.4 is 4.90 Å². The lowest BCUT2D eigenvalue weighted by Gasteiger charge is -2.19. The van der Waals surface area contributed by atoms with Crippen LogP contribution in [0.3, 0.4) is 0 Å². The van der Waals surface area contributed by atoms with Gasteiger partial charge in [-0.15, -0.1) is 0 Å². The lowest BCUT2D eigenvalue weighted by atomic mass is 9.87. The van der Waals surface area contributed by atoms with Gasteiger partial charge in [-0.3, -0.25) is 9.69 Å². The molecule has 0 spiro atoms. The highest BCUT2D eigenvalue weighted by atomic mass is 32.1. The molecule has 0 N–H and O–H groups in total. The van der Waals surface area contributed by atoms with Crippen molar-refractivity contribution in [1.29, 1.82) is 0 Å². The number of para-hydroxylation sites is 1.